The van der Waals surface area contributed by atoms with E-state index in [-0.39, 0.29) is 11.4 Å². The zero-order valence-electron chi connectivity index (χ0n) is 15.5. The Morgan fingerprint density at radius 3 is 2.38 bits per heavy atom. The van der Waals surface area contributed by atoms with Crippen molar-refractivity contribution in [2.24, 2.45) is 11.7 Å². The molecule has 1 amide bonds. The van der Waals surface area contributed by atoms with E-state index in [9.17, 15) is 4.79 Å². The van der Waals surface area contributed by atoms with Crippen molar-refractivity contribution in [3.05, 3.63) is 53.6 Å². The molecule has 1 fully saturated rings. The fourth-order valence-electron chi connectivity index (χ4n) is 3.68. The van der Waals surface area contributed by atoms with Crippen molar-refractivity contribution in [1.82, 2.24) is 0 Å². The highest BCUT2D eigenvalue weighted by Crippen LogP contribution is 2.41. The first kappa shape index (κ1) is 18.3. The largest absolute Gasteiger partial charge is 0.493 e. The van der Waals surface area contributed by atoms with E-state index in [4.69, 9.17) is 15.2 Å². The van der Waals surface area contributed by atoms with Gasteiger partial charge in [0.25, 0.3) is 5.91 Å². The second-order valence-corrected chi connectivity index (χ2v) is 6.93. The molecule has 5 heteroatoms. The standard InChI is InChI=1S/C21H26N2O3/c1-14-5-4-12-21(14,22)16-7-9-17(10-8-16)23-20(24)15-6-11-18(25-2)19(13-15)26-3/h6-11,13-14H,4-5,12,22H2,1-3H3,(H,23,24). The molecule has 1 aliphatic carbocycles. The molecule has 0 heterocycles. The molecular formula is C21H26N2O3. The molecule has 0 aromatic heterocycles. The summed E-state index contributed by atoms with van der Waals surface area (Å²) in [6.07, 6.45) is 3.33. The molecule has 2 aromatic rings. The van der Waals surface area contributed by atoms with E-state index in [1.165, 1.54) is 0 Å². The number of hydrogen-bond acceptors (Lipinski definition) is 4. The Morgan fingerprint density at radius 2 is 1.81 bits per heavy atom. The van der Waals surface area contributed by atoms with Gasteiger partial charge < -0.3 is 20.5 Å². The van der Waals surface area contributed by atoms with Gasteiger partial charge in [-0.25, -0.2) is 0 Å². The third-order valence-electron chi connectivity index (χ3n) is 5.43. The summed E-state index contributed by atoms with van der Waals surface area (Å²) in [6, 6.07) is 13.0. The van der Waals surface area contributed by atoms with Crippen LogP contribution >= 0.6 is 0 Å². The van der Waals surface area contributed by atoms with Gasteiger partial charge in [0.2, 0.25) is 0 Å². The second kappa shape index (κ2) is 7.38. The number of amides is 1. The highest BCUT2D eigenvalue weighted by atomic mass is 16.5. The first-order valence-electron chi connectivity index (χ1n) is 8.90. The average molecular weight is 354 g/mol. The van der Waals surface area contributed by atoms with Crippen LogP contribution < -0.4 is 20.5 Å². The van der Waals surface area contributed by atoms with Crippen molar-refractivity contribution in [3.8, 4) is 11.5 Å². The monoisotopic (exact) mass is 354 g/mol. The van der Waals surface area contributed by atoms with Crippen LogP contribution in [-0.4, -0.2) is 20.1 Å². The molecule has 2 unspecified atom stereocenters. The van der Waals surface area contributed by atoms with Crippen LogP contribution in [-0.2, 0) is 5.54 Å². The molecule has 2 aromatic carbocycles. The van der Waals surface area contributed by atoms with Crippen molar-refractivity contribution in [1.29, 1.82) is 0 Å². The number of anilines is 1. The van der Waals surface area contributed by atoms with Gasteiger partial charge in [-0.1, -0.05) is 25.5 Å². The fourth-order valence-corrected chi connectivity index (χ4v) is 3.68. The van der Waals surface area contributed by atoms with E-state index < -0.39 is 0 Å². The van der Waals surface area contributed by atoms with E-state index in [0.717, 1.165) is 30.5 Å². The lowest BCUT2D eigenvalue weighted by molar-refractivity contribution is 0.102. The quantitative estimate of drug-likeness (QED) is 0.853. The third-order valence-corrected chi connectivity index (χ3v) is 5.43. The highest BCUT2D eigenvalue weighted by Gasteiger charge is 2.37. The highest BCUT2D eigenvalue weighted by molar-refractivity contribution is 6.04. The van der Waals surface area contributed by atoms with Crippen LogP contribution in [0.3, 0.4) is 0 Å². The van der Waals surface area contributed by atoms with Crippen molar-refractivity contribution in [2.45, 2.75) is 31.7 Å². The van der Waals surface area contributed by atoms with Gasteiger partial charge in [-0.3, -0.25) is 4.79 Å². The maximum absolute atomic E-state index is 12.5. The molecule has 0 aliphatic heterocycles. The second-order valence-electron chi connectivity index (χ2n) is 6.93. The SMILES string of the molecule is COc1ccc(C(=O)Nc2ccc(C3(N)CCCC3C)cc2)cc1OC. The lowest BCUT2D eigenvalue weighted by Crippen LogP contribution is -2.38. The molecule has 3 rings (SSSR count). The van der Waals surface area contributed by atoms with E-state index in [2.05, 4.69) is 12.2 Å². The number of nitrogens with one attached hydrogen (secondary N) is 1. The molecule has 26 heavy (non-hydrogen) atoms. The van der Waals surface area contributed by atoms with Crippen LogP contribution in [0, 0.1) is 5.92 Å². The summed E-state index contributed by atoms with van der Waals surface area (Å²) in [7, 11) is 3.11. The summed E-state index contributed by atoms with van der Waals surface area (Å²) < 4.78 is 10.5. The minimum atomic E-state index is -0.258. The summed E-state index contributed by atoms with van der Waals surface area (Å²) in [4.78, 5) is 12.5. The van der Waals surface area contributed by atoms with Crippen molar-refractivity contribution in [2.75, 3.05) is 19.5 Å². The Morgan fingerprint density at radius 1 is 1.12 bits per heavy atom. The summed E-state index contributed by atoms with van der Waals surface area (Å²) in [5.74, 6) is 1.38. The van der Waals surface area contributed by atoms with E-state index in [0.29, 0.717) is 23.0 Å². The Hall–Kier alpha value is -2.53. The van der Waals surface area contributed by atoms with Crippen LogP contribution in [0.1, 0.15) is 42.1 Å². The predicted octanol–water partition coefficient (Wildman–Crippen LogP) is 3.93. The van der Waals surface area contributed by atoms with E-state index >= 15 is 0 Å². The van der Waals surface area contributed by atoms with Gasteiger partial charge in [-0.2, -0.15) is 0 Å². The summed E-state index contributed by atoms with van der Waals surface area (Å²) in [5.41, 5.74) is 8.73. The molecule has 138 valence electrons. The third kappa shape index (κ3) is 3.40. The topological polar surface area (TPSA) is 73.6 Å². The Bertz CT molecular complexity index is 788. The van der Waals surface area contributed by atoms with Crippen molar-refractivity contribution < 1.29 is 14.3 Å². The predicted molar refractivity (Wildman–Crippen MR) is 103 cm³/mol. The van der Waals surface area contributed by atoms with Gasteiger partial charge in [0, 0.05) is 16.8 Å². The minimum absolute atomic E-state index is 0.199. The molecule has 3 N–H and O–H groups in total. The molecule has 5 nitrogen and oxygen atoms in total. The summed E-state index contributed by atoms with van der Waals surface area (Å²) in [5, 5.41) is 2.91. The lowest BCUT2D eigenvalue weighted by Gasteiger charge is -2.30. The maximum atomic E-state index is 12.5. The van der Waals surface area contributed by atoms with Crippen molar-refractivity contribution >= 4 is 11.6 Å². The van der Waals surface area contributed by atoms with Crippen LogP contribution in [0.15, 0.2) is 42.5 Å². The van der Waals surface area contributed by atoms with Crippen LogP contribution in [0.4, 0.5) is 5.69 Å². The summed E-state index contributed by atoms with van der Waals surface area (Å²) in [6.45, 7) is 2.21. The minimum Gasteiger partial charge on any atom is -0.493 e. The van der Waals surface area contributed by atoms with Gasteiger partial charge in [0.15, 0.2) is 11.5 Å². The number of benzene rings is 2. The molecule has 1 aliphatic rings. The molecule has 0 bridgehead atoms. The van der Waals surface area contributed by atoms with Crippen LogP contribution in [0.2, 0.25) is 0 Å². The Kier molecular flexibility index (Phi) is 5.18. The molecule has 0 radical (unpaired) electrons. The smallest absolute Gasteiger partial charge is 0.255 e. The number of carbonyl (C=O) groups is 1. The molecule has 0 spiro atoms. The number of nitrogens with two attached hydrogens (primary N) is 1. The number of methoxy groups -OCH3 is 2. The zero-order chi connectivity index (χ0) is 18.7. The maximum Gasteiger partial charge on any atom is 0.255 e. The molecule has 0 saturated heterocycles. The molecule has 1 saturated carbocycles. The number of hydrogen-bond donors (Lipinski definition) is 2. The van der Waals surface area contributed by atoms with Gasteiger partial charge in [0.05, 0.1) is 14.2 Å². The van der Waals surface area contributed by atoms with E-state index in [1.54, 1.807) is 32.4 Å². The van der Waals surface area contributed by atoms with Crippen LogP contribution in [0.25, 0.3) is 0 Å². The number of rotatable bonds is 5. The average Bonchev–Trinajstić information content (AvgIpc) is 3.01. The number of ether oxygens (including phenoxy) is 2. The molecule has 2 atom stereocenters. The Labute approximate surface area is 154 Å². The molecular weight excluding hydrogens is 328 g/mol. The summed E-state index contributed by atoms with van der Waals surface area (Å²) >= 11 is 0. The van der Waals surface area contributed by atoms with Gasteiger partial charge in [-0.15, -0.1) is 0 Å². The lowest BCUT2D eigenvalue weighted by atomic mass is 9.82. The van der Waals surface area contributed by atoms with E-state index in [1.807, 2.05) is 24.3 Å². The fraction of sp³-hybridized carbons (Fsp3) is 0.381. The number of carbonyl (C=O) groups excluding carboxylic acids is 1. The first-order valence-corrected chi connectivity index (χ1v) is 8.90. The van der Waals surface area contributed by atoms with Gasteiger partial charge in [-0.05, 0) is 54.7 Å². The van der Waals surface area contributed by atoms with Crippen LogP contribution in [0.5, 0.6) is 11.5 Å². The Balaban J connectivity index is 1.74. The zero-order valence-corrected chi connectivity index (χ0v) is 15.5. The van der Waals surface area contributed by atoms with Crippen molar-refractivity contribution in [3.63, 3.8) is 0 Å². The normalized spacial score (nSPS) is 22.1. The van der Waals surface area contributed by atoms with Gasteiger partial charge in [0.1, 0.15) is 0 Å². The van der Waals surface area contributed by atoms with Gasteiger partial charge >= 0.3 is 0 Å². The first-order chi connectivity index (χ1) is 12.5.